The summed E-state index contributed by atoms with van der Waals surface area (Å²) in [5, 5.41) is 1.17. The zero-order valence-corrected chi connectivity index (χ0v) is 10.9. The Kier molecular flexibility index (Phi) is 3.05. The van der Waals surface area contributed by atoms with Gasteiger partial charge in [0.25, 0.3) is 0 Å². The van der Waals surface area contributed by atoms with Crippen LogP contribution in [-0.2, 0) is 11.2 Å². The molecule has 0 saturated heterocycles. The first-order valence-electron chi connectivity index (χ1n) is 5.97. The van der Waals surface area contributed by atoms with Crippen LogP contribution in [0, 0.1) is 20.8 Å². The first-order valence-corrected chi connectivity index (χ1v) is 5.97. The molecule has 17 heavy (non-hydrogen) atoms. The lowest BCUT2D eigenvalue weighted by atomic mass is 9.92. The van der Waals surface area contributed by atoms with E-state index in [0.29, 0.717) is 6.42 Å². The second-order valence-electron chi connectivity index (χ2n) is 4.72. The van der Waals surface area contributed by atoms with Crippen LogP contribution in [0.15, 0.2) is 16.7 Å². The molecule has 2 aromatic rings. The van der Waals surface area contributed by atoms with Crippen LogP contribution in [0.5, 0.6) is 0 Å². The van der Waals surface area contributed by atoms with E-state index in [2.05, 4.69) is 20.8 Å². The van der Waals surface area contributed by atoms with E-state index in [1.807, 2.05) is 6.07 Å². The summed E-state index contributed by atoms with van der Waals surface area (Å²) in [4.78, 5) is 11.1. The minimum atomic E-state index is 0.224. The Labute approximate surface area is 102 Å². The number of carbonyl (C=O) groups is 1. The SMILES string of the molecule is CC(=O)CCc1c(C)c(C)c(C)c2ccoc12. The summed E-state index contributed by atoms with van der Waals surface area (Å²) in [7, 11) is 0. The second-order valence-corrected chi connectivity index (χ2v) is 4.72. The third-order valence-corrected chi connectivity index (χ3v) is 3.65. The summed E-state index contributed by atoms with van der Waals surface area (Å²) < 4.78 is 5.59. The van der Waals surface area contributed by atoms with Crippen molar-refractivity contribution in [3.63, 3.8) is 0 Å². The van der Waals surface area contributed by atoms with Gasteiger partial charge in [0.2, 0.25) is 0 Å². The highest BCUT2D eigenvalue weighted by molar-refractivity contribution is 5.87. The van der Waals surface area contributed by atoms with Gasteiger partial charge in [-0.05, 0) is 62.4 Å². The van der Waals surface area contributed by atoms with Gasteiger partial charge < -0.3 is 9.21 Å². The molecule has 0 aliphatic heterocycles. The van der Waals surface area contributed by atoms with Gasteiger partial charge in [-0.3, -0.25) is 0 Å². The standard InChI is InChI=1S/C15H18O2/c1-9(16)5-6-13-11(3)10(2)12(4)14-7-8-17-15(13)14/h7-8H,5-6H2,1-4H3. The number of rotatable bonds is 3. The molecule has 0 amide bonds. The largest absolute Gasteiger partial charge is 0.464 e. The fourth-order valence-corrected chi connectivity index (χ4v) is 2.32. The Hall–Kier alpha value is -1.57. The first-order chi connectivity index (χ1) is 8.02. The molecule has 0 fully saturated rings. The Morgan fingerprint density at radius 2 is 1.88 bits per heavy atom. The number of Topliss-reactive ketones (excluding diaryl/α,β-unsaturated/α-hetero) is 1. The van der Waals surface area contributed by atoms with Crippen molar-refractivity contribution >= 4 is 16.8 Å². The maximum absolute atomic E-state index is 11.1. The van der Waals surface area contributed by atoms with Gasteiger partial charge in [0.15, 0.2) is 0 Å². The number of aryl methyl sites for hydroxylation is 2. The van der Waals surface area contributed by atoms with Crippen molar-refractivity contribution < 1.29 is 9.21 Å². The van der Waals surface area contributed by atoms with E-state index in [0.717, 1.165) is 12.0 Å². The number of benzene rings is 1. The van der Waals surface area contributed by atoms with Gasteiger partial charge in [-0.1, -0.05) is 0 Å². The zero-order valence-electron chi connectivity index (χ0n) is 10.9. The van der Waals surface area contributed by atoms with Crippen molar-refractivity contribution in [3.05, 3.63) is 34.6 Å². The summed E-state index contributed by atoms with van der Waals surface area (Å²) in [6.45, 7) is 8.00. The van der Waals surface area contributed by atoms with Gasteiger partial charge in [0, 0.05) is 11.8 Å². The smallest absolute Gasteiger partial charge is 0.137 e. The molecule has 0 atom stereocenters. The second kappa shape index (κ2) is 4.36. The van der Waals surface area contributed by atoms with Gasteiger partial charge in [0.1, 0.15) is 11.4 Å². The molecule has 0 saturated carbocycles. The Balaban J connectivity index is 2.60. The molecule has 1 heterocycles. The van der Waals surface area contributed by atoms with Crippen molar-refractivity contribution in [3.8, 4) is 0 Å². The topological polar surface area (TPSA) is 30.2 Å². The number of hydrogen-bond acceptors (Lipinski definition) is 2. The molecule has 0 radical (unpaired) electrons. The van der Waals surface area contributed by atoms with Gasteiger partial charge in [-0.15, -0.1) is 0 Å². The molecule has 0 N–H and O–H groups in total. The Morgan fingerprint density at radius 1 is 1.18 bits per heavy atom. The Morgan fingerprint density at radius 3 is 2.53 bits per heavy atom. The predicted octanol–water partition coefficient (Wildman–Crippen LogP) is 3.88. The van der Waals surface area contributed by atoms with Gasteiger partial charge >= 0.3 is 0 Å². The summed E-state index contributed by atoms with van der Waals surface area (Å²) in [5.74, 6) is 0.224. The van der Waals surface area contributed by atoms with E-state index in [1.165, 1.54) is 27.6 Å². The van der Waals surface area contributed by atoms with Crippen molar-refractivity contribution in [2.45, 2.75) is 40.5 Å². The number of ketones is 1. The summed E-state index contributed by atoms with van der Waals surface area (Å²) in [6.07, 6.45) is 3.08. The molecule has 1 aromatic heterocycles. The molecule has 0 bridgehead atoms. The highest BCUT2D eigenvalue weighted by atomic mass is 16.3. The van der Waals surface area contributed by atoms with E-state index < -0.39 is 0 Å². The van der Waals surface area contributed by atoms with Gasteiger partial charge in [-0.2, -0.15) is 0 Å². The van der Waals surface area contributed by atoms with Gasteiger partial charge in [-0.25, -0.2) is 0 Å². The number of fused-ring (bicyclic) bond motifs is 1. The molecule has 2 nitrogen and oxygen atoms in total. The zero-order chi connectivity index (χ0) is 12.6. The van der Waals surface area contributed by atoms with Crippen molar-refractivity contribution in [2.24, 2.45) is 0 Å². The lowest BCUT2D eigenvalue weighted by Gasteiger charge is -2.12. The highest BCUT2D eigenvalue weighted by Gasteiger charge is 2.14. The van der Waals surface area contributed by atoms with Crippen LogP contribution in [0.25, 0.3) is 11.0 Å². The molecular weight excluding hydrogens is 212 g/mol. The van der Waals surface area contributed by atoms with E-state index in [9.17, 15) is 4.79 Å². The number of hydrogen-bond donors (Lipinski definition) is 0. The minimum absolute atomic E-state index is 0.224. The first kappa shape index (κ1) is 11.9. The van der Waals surface area contributed by atoms with Gasteiger partial charge in [0.05, 0.1) is 6.26 Å². The summed E-state index contributed by atoms with van der Waals surface area (Å²) in [6, 6.07) is 2.01. The molecule has 2 heteroatoms. The quantitative estimate of drug-likeness (QED) is 0.801. The molecule has 2 rings (SSSR count). The average molecular weight is 230 g/mol. The van der Waals surface area contributed by atoms with Crippen molar-refractivity contribution in [2.75, 3.05) is 0 Å². The van der Waals surface area contributed by atoms with Crippen LogP contribution in [0.2, 0.25) is 0 Å². The Bertz CT molecular complexity index is 576. The van der Waals surface area contributed by atoms with Crippen LogP contribution in [0.1, 0.15) is 35.6 Å². The van der Waals surface area contributed by atoms with Crippen LogP contribution < -0.4 is 0 Å². The van der Waals surface area contributed by atoms with Crippen molar-refractivity contribution in [1.82, 2.24) is 0 Å². The molecule has 1 aromatic carbocycles. The number of carbonyl (C=O) groups excluding carboxylic acids is 1. The fourth-order valence-electron chi connectivity index (χ4n) is 2.32. The maximum atomic E-state index is 11.1. The van der Waals surface area contributed by atoms with Crippen LogP contribution >= 0.6 is 0 Å². The predicted molar refractivity (Wildman–Crippen MR) is 69.4 cm³/mol. The van der Waals surface area contributed by atoms with Crippen LogP contribution in [-0.4, -0.2) is 5.78 Å². The fraction of sp³-hybridized carbons (Fsp3) is 0.400. The lowest BCUT2D eigenvalue weighted by Crippen LogP contribution is -2.00. The molecule has 0 spiro atoms. The van der Waals surface area contributed by atoms with Crippen molar-refractivity contribution in [1.29, 1.82) is 0 Å². The van der Waals surface area contributed by atoms with E-state index in [-0.39, 0.29) is 5.78 Å². The van der Waals surface area contributed by atoms with E-state index in [4.69, 9.17) is 4.42 Å². The summed E-state index contributed by atoms with van der Waals surface area (Å²) in [5.41, 5.74) is 5.97. The molecule has 0 unspecified atom stereocenters. The minimum Gasteiger partial charge on any atom is -0.464 e. The lowest BCUT2D eigenvalue weighted by molar-refractivity contribution is -0.116. The van der Waals surface area contributed by atoms with Crippen LogP contribution in [0.3, 0.4) is 0 Å². The third-order valence-electron chi connectivity index (χ3n) is 3.65. The average Bonchev–Trinajstić information content (AvgIpc) is 2.74. The molecule has 0 aliphatic rings. The van der Waals surface area contributed by atoms with E-state index in [1.54, 1.807) is 13.2 Å². The van der Waals surface area contributed by atoms with E-state index >= 15 is 0 Å². The summed E-state index contributed by atoms with van der Waals surface area (Å²) >= 11 is 0. The molecule has 90 valence electrons. The molecule has 0 aliphatic carbocycles. The normalized spacial score (nSPS) is 11.1. The molecular formula is C15H18O2. The maximum Gasteiger partial charge on any atom is 0.137 e. The van der Waals surface area contributed by atoms with Crippen LogP contribution in [0.4, 0.5) is 0 Å². The monoisotopic (exact) mass is 230 g/mol. The highest BCUT2D eigenvalue weighted by Crippen LogP contribution is 2.31. The number of furan rings is 1. The third kappa shape index (κ3) is 1.99.